The number of rotatable bonds is 7. The number of aromatic carboxylic acids is 1. The predicted molar refractivity (Wildman–Crippen MR) is 167 cm³/mol. The minimum Gasteiger partial charge on any atom is -0.491 e. The van der Waals surface area contributed by atoms with Gasteiger partial charge in [-0.05, 0) is 44.2 Å². The molecule has 18 heteroatoms. The number of aromatic nitrogens is 6. The SMILES string of the molecule is Cc1cc(-c2cc(Cl)ccc2OCCn2c(C)nc3cc(C(F)(F)F)c(-c4nccnc4C(F)(F)F)nc3c2=O)c2scc(C(=O)O)c2n1. The maximum Gasteiger partial charge on any atom is 0.435 e. The van der Waals surface area contributed by atoms with Gasteiger partial charge in [-0.15, -0.1) is 11.3 Å². The van der Waals surface area contributed by atoms with Crippen LogP contribution in [0.4, 0.5) is 26.3 Å². The lowest BCUT2D eigenvalue weighted by molar-refractivity contribution is -0.142. The van der Waals surface area contributed by atoms with Crippen molar-refractivity contribution in [2.24, 2.45) is 0 Å². The second-order valence-electron chi connectivity index (χ2n) is 10.5. The van der Waals surface area contributed by atoms with Gasteiger partial charge in [0.1, 0.15) is 29.6 Å². The number of hydrogen-bond donors (Lipinski definition) is 1. The molecule has 0 aliphatic carbocycles. The molecule has 5 heterocycles. The zero-order valence-electron chi connectivity index (χ0n) is 24.9. The molecule has 252 valence electrons. The molecule has 0 unspecified atom stereocenters. The van der Waals surface area contributed by atoms with Crippen molar-refractivity contribution in [2.75, 3.05) is 6.61 Å². The van der Waals surface area contributed by atoms with Gasteiger partial charge in [-0.3, -0.25) is 19.3 Å². The monoisotopic (exact) mass is 720 g/mol. The highest BCUT2D eigenvalue weighted by Gasteiger charge is 2.41. The first-order chi connectivity index (χ1) is 23.0. The van der Waals surface area contributed by atoms with Crippen LogP contribution >= 0.6 is 22.9 Å². The number of nitrogens with zero attached hydrogens (tertiary/aromatic N) is 6. The Kier molecular flexibility index (Phi) is 8.52. The summed E-state index contributed by atoms with van der Waals surface area (Å²) < 4.78 is 91.0. The third-order valence-electron chi connectivity index (χ3n) is 7.30. The van der Waals surface area contributed by atoms with Crippen LogP contribution in [-0.4, -0.2) is 47.2 Å². The van der Waals surface area contributed by atoms with Crippen LogP contribution in [-0.2, 0) is 18.9 Å². The summed E-state index contributed by atoms with van der Waals surface area (Å²) in [5.41, 5.74) is -5.80. The van der Waals surface area contributed by atoms with E-state index in [0.29, 0.717) is 44.6 Å². The Morgan fingerprint density at radius 1 is 0.939 bits per heavy atom. The van der Waals surface area contributed by atoms with Gasteiger partial charge in [0.2, 0.25) is 0 Å². The summed E-state index contributed by atoms with van der Waals surface area (Å²) in [6.07, 6.45) is -8.89. The summed E-state index contributed by atoms with van der Waals surface area (Å²) in [6, 6.07) is 6.95. The highest BCUT2D eigenvalue weighted by atomic mass is 35.5. The van der Waals surface area contributed by atoms with E-state index < -0.39 is 57.6 Å². The van der Waals surface area contributed by atoms with Crippen molar-refractivity contribution in [1.82, 2.24) is 29.5 Å². The van der Waals surface area contributed by atoms with Crippen LogP contribution in [0.5, 0.6) is 5.75 Å². The Labute approximate surface area is 279 Å². The molecule has 0 aliphatic rings. The first kappa shape index (κ1) is 33.7. The number of carbonyl (C=O) groups is 1. The molecule has 49 heavy (non-hydrogen) atoms. The lowest BCUT2D eigenvalue weighted by Crippen LogP contribution is -2.28. The number of pyridine rings is 2. The van der Waals surface area contributed by atoms with Gasteiger partial charge < -0.3 is 9.84 Å². The van der Waals surface area contributed by atoms with Gasteiger partial charge in [0.05, 0.1) is 33.4 Å². The molecule has 0 bridgehead atoms. The third kappa shape index (κ3) is 6.38. The maximum atomic E-state index is 14.1. The fraction of sp³-hybridized carbons (Fsp3) is 0.194. The van der Waals surface area contributed by atoms with Crippen LogP contribution < -0.4 is 10.3 Å². The highest BCUT2D eigenvalue weighted by molar-refractivity contribution is 7.18. The van der Waals surface area contributed by atoms with E-state index in [1.807, 2.05) is 0 Å². The van der Waals surface area contributed by atoms with E-state index in [9.17, 15) is 41.0 Å². The molecule has 6 aromatic rings. The van der Waals surface area contributed by atoms with Gasteiger partial charge in [0.15, 0.2) is 11.2 Å². The molecular weight excluding hydrogens is 702 g/mol. The molecule has 0 fully saturated rings. The van der Waals surface area contributed by atoms with Crippen LogP contribution in [0.15, 0.2) is 52.9 Å². The van der Waals surface area contributed by atoms with Crippen molar-refractivity contribution in [3.8, 4) is 28.3 Å². The number of carboxylic acids is 1. The smallest absolute Gasteiger partial charge is 0.435 e. The van der Waals surface area contributed by atoms with Gasteiger partial charge in [-0.25, -0.2) is 19.7 Å². The third-order valence-corrected chi connectivity index (χ3v) is 8.54. The van der Waals surface area contributed by atoms with E-state index >= 15 is 0 Å². The van der Waals surface area contributed by atoms with E-state index in [0.717, 1.165) is 10.8 Å². The number of hydrogen-bond acceptors (Lipinski definition) is 9. The fourth-order valence-electron chi connectivity index (χ4n) is 5.21. The summed E-state index contributed by atoms with van der Waals surface area (Å²) in [5, 5.41) is 11.4. The average Bonchev–Trinajstić information content (AvgIpc) is 3.45. The molecule has 0 saturated carbocycles. The van der Waals surface area contributed by atoms with Crippen LogP contribution in [0.2, 0.25) is 5.02 Å². The largest absolute Gasteiger partial charge is 0.491 e. The minimum atomic E-state index is -5.18. The molecule has 0 spiro atoms. The molecule has 0 amide bonds. The highest BCUT2D eigenvalue weighted by Crippen LogP contribution is 2.42. The van der Waals surface area contributed by atoms with Crippen molar-refractivity contribution in [3.63, 3.8) is 0 Å². The van der Waals surface area contributed by atoms with Crippen LogP contribution in [0, 0.1) is 13.8 Å². The molecule has 1 aromatic carbocycles. The van der Waals surface area contributed by atoms with Crippen molar-refractivity contribution in [3.05, 3.63) is 91.8 Å². The number of carboxylic acid groups (broad SMARTS) is 1. The van der Waals surface area contributed by atoms with Crippen molar-refractivity contribution < 1.29 is 41.0 Å². The van der Waals surface area contributed by atoms with Gasteiger partial charge in [-0.2, -0.15) is 26.3 Å². The second-order valence-corrected chi connectivity index (χ2v) is 11.9. The fourth-order valence-corrected chi connectivity index (χ4v) is 6.39. The number of halogens is 7. The van der Waals surface area contributed by atoms with E-state index in [1.165, 1.54) is 23.6 Å². The van der Waals surface area contributed by atoms with E-state index in [-0.39, 0.29) is 30.1 Å². The van der Waals surface area contributed by atoms with Crippen LogP contribution in [0.3, 0.4) is 0 Å². The Balaban J connectivity index is 1.39. The maximum absolute atomic E-state index is 14.1. The topological polar surface area (TPSA) is 133 Å². The van der Waals surface area contributed by atoms with Gasteiger partial charge in [0, 0.05) is 39.6 Å². The second kappa shape index (κ2) is 12.4. The lowest BCUT2D eigenvalue weighted by atomic mass is 10.0. The first-order valence-corrected chi connectivity index (χ1v) is 15.2. The predicted octanol–water partition coefficient (Wildman–Crippen LogP) is 7.61. The average molecular weight is 721 g/mol. The molecule has 5 aromatic heterocycles. The van der Waals surface area contributed by atoms with Crippen molar-refractivity contribution in [2.45, 2.75) is 32.7 Å². The Morgan fingerprint density at radius 3 is 2.37 bits per heavy atom. The van der Waals surface area contributed by atoms with E-state index in [4.69, 9.17) is 16.3 Å². The van der Waals surface area contributed by atoms with Crippen molar-refractivity contribution in [1.29, 1.82) is 0 Å². The summed E-state index contributed by atoms with van der Waals surface area (Å²) in [6.45, 7) is 2.69. The normalized spacial score (nSPS) is 12.2. The standard InChI is InChI=1S/C31H19ClF6N6O4S/c1-13-9-17(26-22(41-13)18(12-49-26)29(46)47)16-10-15(32)3-4-21(16)48-8-7-44-14(2)42-20-11-19(30(33,34)35)23(43-24(20)28(44)45)25-27(31(36,37)38)40-6-5-39-25/h3-6,9-12H,7-8H2,1-2H3,(H,46,47). The summed E-state index contributed by atoms with van der Waals surface area (Å²) in [4.78, 5) is 44.2. The first-order valence-electron chi connectivity index (χ1n) is 14.0. The number of fused-ring (bicyclic) bond motifs is 2. The van der Waals surface area contributed by atoms with E-state index in [1.54, 1.807) is 31.2 Å². The number of ether oxygens (including phenoxy) is 1. The summed E-state index contributed by atoms with van der Waals surface area (Å²) >= 11 is 7.48. The van der Waals surface area contributed by atoms with Crippen LogP contribution in [0.25, 0.3) is 43.8 Å². The van der Waals surface area contributed by atoms with Gasteiger partial charge in [0.25, 0.3) is 5.56 Å². The number of thiophene rings is 1. The molecule has 0 aliphatic heterocycles. The number of alkyl halides is 6. The van der Waals surface area contributed by atoms with Crippen LogP contribution in [0.1, 0.15) is 33.1 Å². The summed E-state index contributed by atoms with van der Waals surface area (Å²) in [7, 11) is 0. The Bertz CT molecular complexity index is 2360. The Hall–Kier alpha value is -5.16. The van der Waals surface area contributed by atoms with Crippen molar-refractivity contribution >= 4 is 50.2 Å². The molecule has 0 atom stereocenters. The summed E-state index contributed by atoms with van der Waals surface area (Å²) in [5.74, 6) is -0.850. The molecule has 10 nitrogen and oxygen atoms in total. The number of benzene rings is 1. The zero-order valence-corrected chi connectivity index (χ0v) is 26.5. The van der Waals surface area contributed by atoms with E-state index in [2.05, 4.69) is 24.9 Å². The molecule has 0 radical (unpaired) electrons. The molecular formula is C31H19ClF6N6O4S. The van der Waals surface area contributed by atoms with Gasteiger partial charge in [-0.1, -0.05) is 11.6 Å². The molecule has 0 saturated heterocycles. The number of aryl methyl sites for hydroxylation is 2. The lowest BCUT2D eigenvalue weighted by Gasteiger charge is -2.17. The van der Waals surface area contributed by atoms with Gasteiger partial charge >= 0.3 is 18.3 Å². The molecule has 6 rings (SSSR count). The molecule has 1 N–H and O–H groups in total. The Morgan fingerprint density at radius 2 is 1.67 bits per heavy atom. The zero-order chi connectivity index (χ0) is 35.4. The quantitative estimate of drug-likeness (QED) is 0.166. The minimum absolute atomic E-state index is 0.0122.